The van der Waals surface area contributed by atoms with Crippen molar-refractivity contribution >= 4 is 45.8 Å². The maximum Gasteiger partial charge on any atom is 0.446 e. The second-order valence-corrected chi connectivity index (χ2v) is 6.42. The largest absolute Gasteiger partial charge is 0.462 e. The van der Waals surface area contributed by atoms with Gasteiger partial charge in [0.05, 0.1) is 12.9 Å². The van der Waals surface area contributed by atoms with Crippen LogP contribution in [0.4, 0.5) is 13.2 Å². The average Bonchev–Trinajstić information content (AvgIpc) is 3.13. The number of nitrogens with zero attached hydrogens (tertiary/aromatic N) is 3. The summed E-state index contributed by atoms with van der Waals surface area (Å²) in [5.41, 5.74) is -3.52. The Hall–Kier alpha value is -1.95. The first kappa shape index (κ1) is 20.4. The number of halogens is 3. The smallest absolute Gasteiger partial charge is 0.446 e. The summed E-state index contributed by atoms with van der Waals surface area (Å²) in [6.07, 6.45) is -0.587. The van der Waals surface area contributed by atoms with Crippen molar-refractivity contribution in [3.05, 3.63) is 24.2 Å². The topological polar surface area (TPSA) is 85.8 Å². The van der Waals surface area contributed by atoms with Gasteiger partial charge in [-0.15, -0.1) is 23.5 Å². The molecule has 0 saturated heterocycles. The molecule has 0 saturated carbocycles. The minimum absolute atomic E-state index is 0.111. The van der Waals surface area contributed by atoms with E-state index in [1.165, 1.54) is 48.8 Å². The standard InChI is InChI=1S/C14H14F3N3O4S2/c1-4-22-10(21)13(14(15,16)17)19-9(8-6-5-7-23-8)24-11(20-13)18-12(25-2)26-3/h5-7H,4H2,1-3H3/t13-/m0/s1. The number of esters is 1. The predicted octanol–water partition coefficient (Wildman–Crippen LogP) is 3.32. The Morgan fingerprint density at radius 1 is 1.35 bits per heavy atom. The fourth-order valence-corrected chi connectivity index (χ4v) is 2.82. The third-order valence-electron chi connectivity index (χ3n) is 2.93. The fourth-order valence-electron chi connectivity index (χ4n) is 1.81. The maximum absolute atomic E-state index is 13.8. The van der Waals surface area contributed by atoms with Crippen LogP contribution in [0, 0.1) is 0 Å². The zero-order valence-corrected chi connectivity index (χ0v) is 15.5. The van der Waals surface area contributed by atoms with Gasteiger partial charge in [-0.3, -0.25) is 0 Å². The van der Waals surface area contributed by atoms with Crippen LogP contribution in [0.1, 0.15) is 12.7 Å². The third kappa shape index (κ3) is 4.06. The summed E-state index contributed by atoms with van der Waals surface area (Å²) in [5, 5.41) is 0. The lowest BCUT2D eigenvalue weighted by atomic mass is 10.1. The highest BCUT2D eigenvalue weighted by atomic mass is 32.2. The number of thioether (sulfide) groups is 2. The summed E-state index contributed by atoms with van der Waals surface area (Å²) in [5.74, 6) is -2.36. The van der Waals surface area contributed by atoms with Crippen molar-refractivity contribution in [3.63, 3.8) is 0 Å². The molecular weight excluding hydrogens is 395 g/mol. The highest BCUT2D eigenvalue weighted by Gasteiger charge is 2.65. The summed E-state index contributed by atoms with van der Waals surface area (Å²) < 4.78 is 56.6. The van der Waals surface area contributed by atoms with E-state index in [9.17, 15) is 18.0 Å². The number of alkyl halides is 3. The molecule has 0 aromatic carbocycles. The Labute approximate surface area is 155 Å². The summed E-state index contributed by atoms with van der Waals surface area (Å²) in [7, 11) is 0. The number of hydrogen-bond donors (Lipinski definition) is 0. The molecule has 0 radical (unpaired) electrons. The number of amidine groups is 1. The SMILES string of the molecule is CCOC(=O)[C@@]1(C(F)(F)F)N=C(N=C(SC)SC)OC(c2ccco2)=N1. The van der Waals surface area contributed by atoms with Gasteiger partial charge in [0.1, 0.15) is 4.38 Å². The van der Waals surface area contributed by atoms with Crippen LogP contribution in [0.5, 0.6) is 0 Å². The Kier molecular flexibility index (Phi) is 6.39. The Bertz CT molecular complexity index is 741. The molecule has 0 aliphatic carbocycles. The first-order valence-electron chi connectivity index (χ1n) is 7.09. The van der Waals surface area contributed by atoms with E-state index in [0.29, 0.717) is 4.38 Å². The fraction of sp³-hybridized carbons (Fsp3) is 0.429. The summed E-state index contributed by atoms with van der Waals surface area (Å²) in [4.78, 5) is 22.8. The molecule has 2 rings (SSSR count). The lowest BCUT2D eigenvalue weighted by molar-refractivity contribution is -0.204. The van der Waals surface area contributed by atoms with Crippen molar-refractivity contribution in [3.8, 4) is 0 Å². The number of rotatable bonds is 3. The lowest BCUT2D eigenvalue weighted by Crippen LogP contribution is -2.53. The number of hydrogen-bond acceptors (Lipinski definition) is 9. The van der Waals surface area contributed by atoms with E-state index in [4.69, 9.17) is 9.15 Å². The van der Waals surface area contributed by atoms with E-state index >= 15 is 0 Å². The lowest BCUT2D eigenvalue weighted by Gasteiger charge is -2.29. The molecule has 1 aromatic heterocycles. The van der Waals surface area contributed by atoms with E-state index in [2.05, 4.69) is 19.7 Å². The monoisotopic (exact) mass is 409 g/mol. The highest BCUT2D eigenvalue weighted by molar-refractivity contribution is 8.38. The van der Waals surface area contributed by atoms with Gasteiger partial charge in [-0.05, 0) is 31.6 Å². The molecule has 1 aliphatic heterocycles. The second kappa shape index (κ2) is 8.16. The van der Waals surface area contributed by atoms with E-state index < -0.39 is 29.7 Å². The van der Waals surface area contributed by atoms with Crippen molar-refractivity contribution in [2.24, 2.45) is 15.0 Å². The van der Waals surface area contributed by atoms with Gasteiger partial charge in [0, 0.05) is 0 Å². The molecule has 0 N–H and O–H groups in total. The van der Waals surface area contributed by atoms with Gasteiger partial charge in [-0.2, -0.15) is 28.1 Å². The third-order valence-corrected chi connectivity index (χ3v) is 4.81. The number of carbonyl (C=O) groups excluding carboxylic acids is 1. The van der Waals surface area contributed by atoms with E-state index in [0.717, 1.165) is 0 Å². The summed E-state index contributed by atoms with van der Waals surface area (Å²) in [6, 6.07) is 2.10. The van der Waals surface area contributed by atoms with Crippen LogP contribution in [0.25, 0.3) is 0 Å². The number of carbonyl (C=O) groups is 1. The molecule has 12 heteroatoms. The van der Waals surface area contributed by atoms with E-state index in [1.807, 2.05) is 0 Å². The van der Waals surface area contributed by atoms with Gasteiger partial charge in [0.25, 0.3) is 5.90 Å². The van der Waals surface area contributed by atoms with Crippen LogP contribution < -0.4 is 0 Å². The van der Waals surface area contributed by atoms with E-state index in [-0.39, 0.29) is 12.4 Å². The molecule has 1 aliphatic rings. The molecule has 0 spiro atoms. The van der Waals surface area contributed by atoms with Crippen LogP contribution in [-0.4, -0.2) is 53.2 Å². The molecule has 0 unspecified atom stereocenters. The minimum atomic E-state index is -5.18. The minimum Gasteiger partial charge on any atom is -0.462 e. The number of ether oxygens (including phenoxy) is 2. The first-order valence-corrected chi connectivity index (χ1v) is 9.54. The number of aliphatic imine (C=N–C) groups is 3. The van der Waals surface area contributed by atoms with Crippen molar-refractivity contribution in [2.75, 3.05) is 19.1 Å². The average molecular weight is 409 g/mol. The molecule has 1 atom stereocenters. The Morgan fingerprint density at radius 2 is 2.04 bits per heavy atom. The van der Waals surface area contributed by atoms with Gasteiger partial charge in [-0.1, -0.05) is 0 Å². The molecule has 0 fully saturated rings. The summed E-state index contributed by atoms with van der Waals surface area (Å²) in [6.45, 7) is 1.10. The molecule has 1 aromatic rings. The molecule has 7 nitrogen and oxygen atoms in total. The molecule has 142 valence electrons. The van der Waals surface area contributed by atoms with Gasteiger partial charge in [0.15, 0.2) is 5.76 Å². The predicted molar refractivity (Wildman–Crippen MR) is 93.6 cm³/mol. The first-order chi connectivity index (χ1) is 12.3. The summed E-state index contributed by atoms with van der Waals surface area (Å²) >= 11 is 2.36. The van der Waals surface area contributed by atoms with Crippen LogP contribution >= 0.6 is 23.5 Å². The quantitative estimate of drug-likeness (QED) is 0.433. The second-order valence-electron chi connectivity index (χ2n) is 4.57. The molecule has 2 heterocycles. The molecule has 26 heavy (non-hydrogen) atoms. The highest BCUT2D eigenvalue weighted by Crippen LogP contribution is 2.39. The van der Waals surface area contributed by atoms with Gasteiger partial charge < -0.3 is 13.9 Å². The zero-order valence-electron chi connectivity index (χ0n) is 13.9. The molecular formula is C14H14F3N3O4S2. The molecule has 0 amide bonds. The maximum atomic E-state index is 13.8. The van der Waals surface area contributed by atoms with Crippen LogP contribution in [0.2, 0.25) is 0 Å². The van der Waals surface area contributed by atoms with Gasteiger partial charge in [0.2, 0.25) is 0 Å². The van der Waals surface area contributed by atoms with Crippen LogP contribution in [0.3, 0.4) is 0 Å². The number of furan rings is 1. The van der Waals surface area contributed by atoms with Crippen LogP contribution in [-0.2, 0) is 14.3 Å². The van der Waals surface area contributed by atoms with Crippen molar-refractivity contribution in [1.29, 1.82) is 0 Å². The Morgan fingerprint density at radius 3 is 2.54 bits per heavy atom. The van der Waals surface area contributed by atoms with E-state index in [1.54, 1.807) is 12.5 Å². The van der Waals surface area contributed by atoms with Gasteiger partial charge in [-0.25, -0.2) is 4.79 Å². The Balaban J connectivity index is 2.65. The van der Waals surface area contributed by atoms with Crippen LogP contribution in [0.15, 0.2) is 37.8 Å². The normalized spacial score (nSPS) is 19.9. The van der Waals surface area contributed by atoms with Crippen molar-refractivity contribution in [1.82, 2.24) is 0 Å². The van der Waals surface area contributed by atoms with Crippen molar-refractivity contribution < 1.29 is 31.9 Å². The van der Waals surface area contributed by atoms with Crippen molar-refractivity contribution in [2.45, 2.75) is 18.8 Å². The molecule has 0 bridgehead atoms. The zero-order chi connectivity index (χ0) is 19.4. The van der Waals surface area contributed by atoms with Gasteiger partial charge >= 0.3 is 23.8 Å².